The molecule has 0 bridgehead atoms. The largest absolute Gasteiger partial charge is 0.451 e. The molecule has 1 N–H and O–H groups in total. The van der Waals surface area contributed by atoms with Gasteiger partial charge in [-0.2, -0.15) is 5.10 Å². The lowest BCUT2D eigenvalue weighted by atomic mass is 10.3. The van der Waals surface area contributed by atoms with E-state index in [2.05, 4.69) is 10.4 Å². The number of aromatic nitrogens is 2. The van der Waals surface area contributed by atoms with E-state index >= 15 is 0 Å². The maximum atomic E-state index is 11.8. The van der Waals surface area contributed by atoms with E-state index in [-0.39, 0.29) is 11.3 Å². The molecule has 0 saturated heterocycles. The zero-order valence-corrected chi connectivity index (χ0v) is 13.4. The first-order chi connectivity index (χ1) is 11.0. The van der Waals surface area contributed by atoms with Gasteiger partial charge in [-0.25, -0.2) is 9.48 Å². The van der Waals surface area contributed by atoms with Crippen molar-refractivity contribution in [2.24, 2.45) is 7.05 Å². The zero-order valence-electron chi connectivity index (χ0n) is 12.6. The molecule has 0 aliphatic rings. The summed E-state index contributed by atoms with van der Waals surface area (Å²) in [7, 11) is 1.42. The Morgan fingerprint density at radius 1 is 1.22 bits per heavy atom. The molecule has 0 saturated carbocycles. The summed E-state index contributed by atoms with van der Waals surface area (Å²) in [5.41, 5.74) is 0.237. The Hall–Kier alpha value is -2.61. The van der Waals surface area contributed by atoms with Gasteiger partial charge in [0.2, 0.25) is 0 Å². The molecular weight excluding hydrogens is 318 g/mol. The lowest BCUT2D eigenvalue weighted by Crippen LogP contribution is -2.24. The van der Waals surface area contributed by atoms with E-state index < -0.39 is 18.5 Å². The van der Waals surface area contributed by atoms with E-state index in [1.54, 1.807) is 23.9 Å². The van der Waals surface area contributed by atoms with Crippen LogP contribution in [0.5, 0.6) is 0 Å². The number of anilines is 1. The van der Waals surface area contributed by atoms with Crippen LogP contribution in [0.25, 0.3) is 0 Å². The van der Waals surface area contributed by atoms with Crippen molar-refractivity contribution in [2.45, 2.75) is 4.90 Å². The highest BCUT2D eigenvalue weighted by Gasteiger charge is 2.12. The lowest BCUT2D eigenvalue weighted by Gasteiger charge is -2.07. The number of carbonyl (C=O) groups excluding carboxylic acids is 2. The molecule has 1 aromatic carbocycles. The third-order valence-electron chi connectivity index (χ3n) is 2.88. The van der Waals surface area contributed by atoms with Gasteiger partial charge in [0.15, 0.2) is 12.3 Å². The zero-order chi connectivity index (χ0) is 16.8. The van der Waals surface area contributed by atoms with Crippen LogP contribution in [0.15, 0.2) is 46.1 Å². The van der Waals surface area contributed by atoms with E-state index in [9.17, 15) is 14.4 Å². The maximum Gasteiger partial charge on any atom is 0.359 e. The Morgan fingerprint density at radius 2 is 1.91 bits per heavy atom. The third kappa shape index (κ3) is 4.68. The number of thioether (sulfide) groups is 1. The molecule has 0 spiro atoms. The number of hydrogen-bond donors (Lipinski definition) is 1. The molecule has 0 aliphatic heterocycles. The second-order valence-electron chi connectivity index (χ2n) is 4.53. The molecule has 0 unspecified atom stereocenters. The summed E-state index contributed by atoms with van der Waals surface area (Å²) in [4.78, 5) is 35.8. The molecule has 0 fully saturated rings. The minimum absolute atomic E-state index is 0.0378. The van der Waals surface area contributed by atoms with E-state index in [1.807, 2.05) is 18.4 Å². The number of nitrogens with one attached hydrogen (secondary N) is 1. The highest BCUT2D eigenvalue weighted by atomic mass is 32.2. The van der Waals surface area contributed by atoms with Gasteiger partial charge in [-0.05, 0) is 36.6 Å². The average Bonchev–Trinajstić information content (AvgIpc) is 2.56. The maximum absolute atomic E-state index is 11.8. The molecular formula is C15H15N3O4S. The molecule has 1 aromatic heterocycles. The highest BCUT2D eigenvalue weighted by Crippen LogP contribution is 2.17. The molecule has 8 heteroatoms. The van der Waals surface area contributed by atoms with Crippen molar-refractivity contribution in [3.63, 3.8) is 0 Å². The van der Waals surface area contributed by atoms with E-state index in [0.29, 0.717) is 5.69 Å². The van der Waals surface area contributed by atoms with Crippen molar-refractivity contribution in [1.82, 2.24) is 9.78 Å². The van der Waals surface area contributed by atoms with Crippen molar-refractivity contribution >= 4 is 29.3 Å². The summed E-state index contributed by atoms with van der Waals surface area (Å²) < 4.78 is 5.89. The Bertz CT molecular complexity index is 771. The van der Waals surface area contributed by atoms with Crippen LogP contribution in [0.4, 0.5) is 5.69 Å². The fourth-order valence-corrected chi connectivity index (χ4v) is 2.10. The van der Waals surface area contributed by atoms with Gasteiger partial charge in [0.25, 0.3) is 11.5 Å². The van der Waals surface area contributed by atoms with Gasteiger partial charge < -0.3 is 10.1 Å². The third-order valence-corrected chi connectivity index (χ3v) is 3.62. The summed E-state index contributed by atoms with van der Waals surface area (Å²) in [6.45, 7) is -0.437. The number of amides is 1. The monoisotopic (exact) mass is 333 g/mol. The molecule has 1 amide bonds. The number of esters is 1. The standard InChI is InChI=1S/C15H15N3O4S/c1-18-14(20)8-7-12(17-18)15(21)22-9-13(19)16-10-3-5-11(23-2)6-4-10/h3-8H,9H2,1-2H3,(H,16,19). The predicted molar refractivity (Wildman–Crippen MR) is 86.6 cm³/mol. The van der Waals surface area contributed by atoms with Crippen molar-refractivity contribution < 1.29 is 14.3 Å². The molecule has 7 nitrogen and oxygen atoms in total. The quantitative estimate of drug-likeness (QED) is 0.655. The van der Waals surface area contributed by atoms with Crippen molar-refractivity contribution in [2.75, 3.05) is 18.2 Å². The number of hydrogen-bond acceptors (Lipinski definition) is 6. The van der Waals surface area contributed by atoms with E-state index in [4.69, 9.17) is 4.74 Å². The fraction of sp³-hybridized carbons (Fsp3) is 0.200. The average molecular weight is 333 g/mol. The van der Waals surface area contributed by atoms with Crippen LogP contribution in [0.2, 0.25) is 0 Å². The van der Waals surface area contributed by atoms with Gasteiger partial charge in [0.1, 0.15) is 0 Å². The van der Waals surface area contributed by atoms with Crippen LogP contribution in [0.1, 0.15) is 10.5 Å². The summed E-state index contributed by atoms with van der Waals surface area (Å²) in [6, 6.07) is 9.74. The first-order valence-electron chi connectivity index (χ1n) is 6.65. The lowest BCUT2D eigenvalue weighted by molar-refractivity contribution is -0.119. The second kappa shape index (κ2) is 7.59. The molecule has 120 valence electrons. The van der Waals surface area contributed by atoms with E-state index in [0.717, 1.165) is 9.58 Å². The predicted octanol–water partition coefficient (Wildman–Crippen LogP) is 1.30. The summed E-state index contributed by atoms with van der Waals surface area (Å²) in [5.74, 6) is -1.23. The first-order valence-corrected chi connectivity index (χ1v) is 7.87. The highest BCUT2D eigenvalue weighted by molar-refractivity contribution is 7.98. The van der Waals surface area contributed by atoms with Crippen molar-refractivity contribution in [3.8, 4) is 0 Å². The van der Waals surface area contributed by atoms with Crippen molar-refractivity contribution in [1.29, 1.82) is 0 Å². The van der Waals surface area contributed by atoms with Crippen LogP contribution in [0, 0.1) is 0 Å². The molecule has 2 rings (SSSR count). The number of ether oxygens (including phenoxy) is 1. The van der Waals surface area contributed by atoms with Crippen LogP contribution < -0.4 is 10.9 Å². The van der Waals surface area contributed by atoms with E-state index in [1.165, 1.54) is 19.2 Å². The van der Waals surface area contributed by atoms with Gasteiger partial charge in [0, 0.05) is 23.7 Å². The Balaban J connectivity index is 1.89. The first kappa shape index (κ1) is 16.8. The van der Waals surface area contributed by atoms with Crippen molar-refractivity contribution in [3.05, 3.63) is 52.4 Å². The Labute approximate surface area is 136 Å². The van der Waals surface area contributed by atoms with Crippen LogP contribution in [-0.2, 0) is 16.6 Å². The summed E-state index contributed by atoms with van der Waals surface area (Å²) in [5, 5.41) is 6.37. The molecule has 0 aliphatic carbocycles. The van der Waals surface area contributed by atoms with Gasteiger partial charge in [-0.3, -0.25) is 9.59 Å². The van der Waals surface area contributed by atoms with Gasteiger partial charge >= 0.3 is 5.97 Å². The second-order valence-corrected chi connectivity index (χ2v) is 5.41. The van der Waals surface area contributed by atoms with Crippen LogP contribution >= 0.6 is 11.8 Å². The molecule has 23 heavy (non-hydrogen) atoms. The minimum Gasteiger partial charge on any atom is -0.451 e. The molecule has 2 aromatic rings. The molecule has 0 radical (unpaired) electrons. The van der Waals surface area contributed by atoms with Gasteiger partial charge in [-0.1, -0.05) is 0 Å². The number of aryl methyl sites for hydroxylation is 1. The van der Waals surface area contributed by atoms with Gasteiger partial charge in [-0.15, -0.1) is 11.8 Å². The Morgan fingerprint density at radius 3 is 2.52 bits per heavy atom. The summed E-state index contributed by atoms with van der Waals surface area (Å²) in [6.07, 6.45) is 1.96. The minimum atomic E-state index is -0.770. The number of nitrogens with zero attached hydrogens (tertiary/aromatic N) is 2. The number of benzene rings is 1. The van der Waals surface area contributed by atoms with Gasteiger partial charge in [0.05, 0.1) is 0 Å². The fourth-order valence-electron chi connectivity index (χ4n) is 1.69. The smallest absolute Gasteiger partial charge is 0.359 e. The molecule has 0 atom stereocenters. The number of carbonyl (C=O) groups is 2. The topological polar surface area (TPSA) is 90.3 Å². The summed E-state index contributed by atoms with van der Waals surface area (Å²) >= 11 is 1.60. The Kier molecular flexibility index (Phi) is 5.53. The molecule has 1 heterocycles. The van der Waals surface area contributed by atoms with Crippen LogP contribution in [-0.4, -0.2) is 34.5 Å². The van der Waals surface area contributed by atoms with Crippen LogP contribution in [0.3, 0.4) is 0 Å². The number of rotatable bonds is 5. The SMILES string of the molecule is CSc1ccc(NC(=O)COC(=O)c2ccc(=O)n(C)n2)cc1. The normalized spacial score (nSPS) is 10.2.